The number of aryl methyl sites for hydroxylation is 1. The zero-order chi connectivity index (χ0) is 17.9. The maximum absolute atomic E-state index is 12.2. The van der Waals surface area contributed by atoms with E-state index in [1.54, 1.807) is 24.3 Å². The van der Waals surface area contributed by atoms with Gasteiger partial charge in [0, 0.05) is 15.1 Å². The number of nitrogens with one attached hydrogen (secondary N) is 2. The molecule has 0 heterocycles. The fourth-order valence-electron chi connectivity index (χ4n) is 1.87. The Morgan fingerprint density at radius 1 is 1.21 bits per heavy atom. The van der Waals surface area contributed by atoms with Gasteiger partial charge in [-0.1, -0.05) is 33.6 Å². The summed E-state index contributed by atoms with van der Waals surface area (Å²) in [5.41, 5.74) is 1.51. The average Bonchev–Trinajstić information content (AvgIpc) is 2.51. The van der Waals surface area contributed by atoms with Crippen molar-refractivity contribution in [1.29, 1.82) is 0 Å². The van der Waals surface area contributed by atoms with Crippen molar-refractivity contribution in [3.63, 3.8) is 0 Å². The van der Waals surface area contributed by atoms with Crippen LogP contribution in [-0.4, -0.2) is 22.1 Å². The molecule has 0 atom stereocenters. The molecule has 0 aromatic heterocycles. The molecule has 0 radical (unpaired) electrons. The zero-order valence-electron chi connectivity index (χ0n) is 12.4. The van der Waals surface area contributed by atoms with Crippen molar-refractivity contribution in [3.8, 4) is 0 Å². The number of thiocarbonyl (C=S) groups is 1. The van der Waals surface area contributed by atoms with Gasteiger partial charge in [-0.15, -0.1) is 0 Å². The molecule has 0 bridgehead atoms. The maximum atomic E-state index is 12.2. The van der Waals surface area contributed by atoms with Gasteiger partial charge in [-0.3, -0.25) is 10.1 Å². The fourth-order valence-corrected chi connectivity index (χ4v) is 2.61. The molecule has 0 saturated carbocycles. The molecule has 0 fully saturated rings. The first kappa shape index (κ1) is 18.4. The third-order valence-electron chi connectivity index (χ3n) is 3.12. The molecule has 5 nitrogen and oxygen atoms in total. The summed E-state index contributed by atoms with van der Waals surface area (Å²) in [6.45, 7) is 1.83. The van der Waals surface area contributed by atoms with E-state index >= 15 is 0 Å². The largest absolute Gasteiger partial charge is 0.478 e. The highest BCUT2D eigenvalue weighted by atomic mass is 79.9. The van der Waals surface area contributed by atoms with Gasteiger partial charge in [0.05, 0.1) is 11.3 Å². The molecular weight excluding hydrogens is 416 g/mol. The van der Waals surface area contributed by atoms with Gasteiger partial charge in [0.1, 0.15) is 0 Å². The number of benzene rings is 2. The molecule has 0 saturated heterocycles. The van der Waals surface area contributed by atoms with E-state index in [0.29, 0.717) is 15.1 Å². The summed E-state index contributed by atoms with van der Waals surface area (Å²) in [5.74, 6) is -1.55. The summed E-state index contributed by atoms with van der Waals surface area (Å²) in [6, 6.07) is 9.55. The van der Waals surface area contributed by atoms with Crippen molar-refractivity contribution in [2.24, 2.45) is 0 Å². The monoisotopic (exact) mass is 426 g/mol. The summed E-state index contributed by atoms with van der Waals surface area (Å²) in [5, 5.41) is 14.9. The Labute approximate surface area is 157 Å². The third kappa shape index (κ3) is 4.53. The lowest BCUT2D eigenvalue weighted by molar-refractivity contribution is 0.0697. The Kier molecular flexibility index (Phi) is 5.93. The van der Waals surface area contributed by atoms with Crippen LogP contribution in [0.5, 0.6) is 0 Å². The first-order valence-electron chi connectivity index (χ1n) is 6.69. The SMILES string of the molecule is Cc1ccc(C(=O)NC(=S)Nc2ccc(Br)cc2C(=O)O)cc1Cl. The smallest absolute Gasteiger partial charge is 0.337 e. The topological polar surface area (TPSA) is 78.4 Å². The van der Waals surface area contributed by atoms with Gasteiger partial charge in [0.15, 0.2) is 5.11 Å². The van der Waals surface area contributed by atoms with Crippen LogP contribution in [0, 0.1) is 6.92 Å². The van der Waals surface area contributed by atoms with Gasteiger partial charge in [-0.25, -0.2) is 4.79 Å². The number of aromatic carboxylic acids is 1. The fraction of sp³-hybridized carbons (Fsp3) is 0.0625. The van der Waals surface area contributed by atoms with Crippen LogP contribution in [0.25, 0.3) is 0 Å². The summed E-state index contributed by atoms with van der Waals surface area (Å²) in [7, 11) is 0. The minimum absolute atomic E-state index is 0.0125. The van der Waals surface area contributed by atoms with Crippen molar-refractivity contribution in [2.75, 3.05) is 5.32 Å². The summed E-state index contributed by atoms with van der Waals surface area (Å²) in [4.78, 5) is 23.4. The molecule has 0 aliphatic rings. The van der Waals surface area contributed by atoms with Crippen LogP contribution in [0.3, 0.4) is 0 Å². The number of carbonyl (C=O) groups excluding carboxylic acids is 1. The molecule has 124 valence electrons. The lowest BCUT2D eigenvalue weighted by Crippen LogP contribution is -2.34. The van der Waals surface area contributed by atoms with E-state index in [1.807, 2.05) is 6.92 Å². The van der Waals surface area contributed by atoms with E-state index in [9.17, 15) is 14.7 Å². The van der Waals surface area contributed by atoms with Crippen molar-refractivity contribution in [2.45, 2.75) is 6.92 Å². The van der Waals surface area contributed by atoms with Crippen LogP contribution in [0.2, 0.25) is 5.02 Å². The minimum atomic E-state index is -1.11. The Balaban J connectivity index is 2.12. The van der Waals surface area contributed by atoms with Crippen molar-refractivity contribution < 1.29 is 14.7 Å². The van der Waals surface area contributed by atoms with Crippen LogP contribution in [0.4, 0.5) is 5.69 Å². The molecule has 0 aliphatic carbocycles. The normalized spacial score (nSPS) is 10.1. The highest BCUT2D eigenvalue weighted by molar-refractivity contribution is 9.10. The minimum Gasteiger partial charge on any atom is -0.478 e. The Bertz CT molecular complexity index is 842. The highest BCUT2D eigenvalue weighted by Gasteiger charge is 2.14. The number of amides is 1. The highest BCUT2D eigenvalue weighted by Crippen LogP contribution is 2.21. The van der Waals surface area contributed by atoms with Gasteiger partial charge in [0.2, 0.25) is 0 Å². The first-order valence-corrected chi connectivity index (χ1v) is 8.27. The van der Waals surface area contributed by atoms with Gasteiger partial charge < -0.3 is 10.4 Å². The van der Waals surface area contributed by atoms with Crippen molar-refractivity contribution in [1.82, 2.24) is 5.32 Å². The van der Waals surface area contributed by atoms with Crippen molar-refractivity contribution in [3.05, 3.63) is 62.6 Å². The average molecular weight is 428 g/mol. The predicted octanol–water partition coefficient (Wildman–Crippen LogP) is 4.24. The number of carboxylic acids is 1. The zero-order valence-corrected chi connectivity index (χ0v) is 15.6. The second kappa shape index (κ2) is 7.74. The van der Waals surface area contributed by atoms with Crippen LogP contribution in [-0.2, 0) is 0 Å². The number of carbonyl (C=O) groups is 2. The van der Waals surface area contributed by atoms with Crippen molar-refractivity contribution >= 4 is 62.4 Å². The molecule has 3 N–H and O–H groups in total. The second-order valence-electron chi connectivity index (χ2n) is 4.87. The lowest BCUT2D eigenvalue weighted by Gasteiger charge is -2.12. The van der Waals surface area contributed by atoms with E-state index < -0.39 is 11.9 Å². The second-order valence-corrected chi connectivity index (χ2v) is 6.60. The molecule has 2 aromatic rings. The first-order chi connectivity index (χ1) is 11.3. The Hall–Kier alpha value is -1.96. The predicted molar refractivity (Wildman–Crippen MR) is 101 cm³/mol. The van der Waals surface area contributed by atoms with Crippen LogP contribution in [0.15, 0.2) is 40.9 Å². The number of hydrogen-bond donors (Lipinski definition) is 3. The molecule has 0 aliphatic heterocycles. The molecule has 1 amide bonds. The third-order valence-corrected chi connectivity index (χ3v) is 4.23. The molecule has 8 heteroatoms. The van der Waals surface area contributed by atoms with Crippen LogP contribution in [0.1, 0.15) is 26.3 Å². The summed E-state index contributed by atoms with van der Waals surface area (Å²) < 4.78 is 0.620. The Morgan fingerprint density at radius 2 is 1.92 bits per heavy atom. The number of hydrogen-bond acceptors (Lipinski definition) is 3. The molecule has 2 rings (SSSR count). The van der Waals surface area contributed by atoms with E-state index in [1.165, 1.54) is 12.1 Å². The van der Waals surface area contributed by atoms with E-state index in [-0.39, 0.29) is 16.4 Å². The van der Waals surface area contributed by atoms with Gasteiger partial charge in [-0.2, -0.15) is 0 Å². The number of rotatable bonds is 3. The van der Waals surface area contributed by atoms with E-state index in [4.69, 9.17) is 23.8 Å². The molecule has 0 spiro atoms. The lowest BCUT2D eigenvalue weighted by atomic mass is 10.1. The van der Waals surface area contributed by atoms with Crippen LogP contribution >= 0.6 is 39.7 Å². The van der Waals surface area contributed by atoms with Gasteiger partial charge >= 0.3 is 5.97 Å². The molecule has 24 heavy (non-hydrogen) atoms. The summed E-state index contributed by atoms with van der Waals surface area (Å²) >= 11 is 14.3. The van der Waals surface area contributed by atoms with Crippen LogP contribution < -0.4 is 10.6 Å². The summed E-state index contributed by atoms with van der Waals surface area (Å²) in [6.07, 6.45) is 0. The maximum Gasteiger partial charge on any atom is 0.337 e. The number of carboxylic acid groups (broad SMARTS) is 1. The number of anilines is 1. The standard InChI is InChI=1S/C16H12BrClN2O3S/c1-8-2-3-9(6-12(8)18)14(21)20-16(24)19-13-5-4-10(17)7-11(13)15(22)23/h2-7H,1H3,(H,22,23)(H2,19,20,21,24). The van der Waals surface area contributed by atoms with E-state index in [2.05, 4.69) is 26.6 Å². The molecule has 0 unspecified atom stereocenters. The van der Waals surface area contributed by atoms with Gasteiger partial charge in [-0.05, 0) is 55.0 Å². The molecule has 2 aromatic carbocycles. The number of halogens is 2. The van der Waals surface area contributed by atoms with E-state index in [0.717, 1.165) is 5.56 Å². The van der Waals surface area contributed by atoms with Gasteiger partial charge in [0.25, 0.3) is 5.91 Å². The quantitative estimate of drug-likeness (QED) is 0.639. The molecular formula is C16H12BrClN2O3S. The Morgan fingerprint density at radius 3 is 2.54 bits per heavy atom.